The first-order valence-corrected chi connectivity index (χ1v) is 7.81. The third-order valence-electron chi connectivity index (χ3n) is 2.72. The van der Waals surface area contributed by atoms with Crippen LogP contribution in [0.5, 0.6) is 0 Å². The molecule has 0 aromatic carbocycles. The van der Waals surface area contributed by atoms with Gasteiger partial charge in [-0.15, -0.1) is 11.3 Å². The quantitative estimate of drug-likeness (QED) is 0.432. The SMILES string of the molecule is CCOC(=O)/C(C#N)=C/c1ccc(CC(C#N)C(=O)OCC)s1. The fourth-order valence-electron chi connectivity index (χ4n) is 1.70. The molecule has 1 heterocycles. The maximum atomic E-state index is 11.6. The zero-order chi connectivity index (χ0) is 17.2. The second kappa shape index (κ2) is 9.39. The Morgan fingerprint density at radius 3 is 2.52 bits per heavy atom. The Morgan fingerprint density at radius 2 is 1.96 bits per heavy atom. The van der Waals surface area contributed by atoms with Crippen LogP contribution < -0.4 is 0 Å². The van der Waals surface area contributed by atoms with Gasteiger partial charge in [-0.25, -0.2) is 4.79 Å². The number of carbonyl (C=O) groups is 2. The highest BCUT2D eigenvalue weighted by atomic mass is 32.1. The van der Waals surface area contributed by atoms with Crippen LogP contribution >= 0.6 is 11.3 Å². The summed E-state index contributed by atoms with van der Waals surface area (Å²) in [6.07, 6.45) is 1.66. The highest BCUT2D eigenvalue weighted by Crippen LogP contribution is 2.23. The smallest absolute Gasteiger partial charge is 0.348 e. The van der Waals surface area contributed by atoms with E-state index in [1.807, 2.05) is 6.07 Å². The second-order valence-electron chi connectivity index (χ2n) is 4.33. The summed E-state index contributed by atoms with van der Waals surface area (Å²) in [6, 6.07) is 7.19. The van der Waals surface area contributed by atoms with Crippen molar-refractivity contribution in [2.45, 2.75) is 20.3 Å². The molecule has 1 rings (SSSR count). The van der Waals surface area contributed by atoms with Crippen LogP contribution in [0.4, 0.5) is 0 Å². The number of thiophene rings is 1. The van der Waals surface area contributed by atoms with Crippen LogP contribution in [0.2, 0.25) is 0 Å². The summed E-state index contributed by atoms with van der Waals surface area (Å²) in [4.78, 5) is 24.6. The number of hydrogen-bond donors (Lipinski definition) is 0. The Balaban J connectivity index is 2.85. The van der Waals surface area contributed by atoms with Gasteiger partial charge in [-0.3, -0.25) is 4.79 Å². The molecule has 7 heteroatoms. The van der Waals surface area contributed by atoms with E-state index in [4.69, 9.17) is 20.0 Å². The summed E-state index contributed by atoms with van der Waals surface area (Å²) in [6.45, 7) is 3.75. The van der Waals surface area contributed by atoms with Gasteiger partial charge in [-0.05, 0) is 32.1 Å². The Bertz CT molecular complexity index is 679. The highest BCUT2D eigenvalue weighted by Gasteiger charge is 2.20. The first-order valence-electron chi connectivity index (χ1n) is 6.99. The van der Waals surface area contributed by atoms with E-state index in [0.717, 1.165) is 4.88 Å². The van der Waals surface area contributed by atoms with Crippen molar-refractivity contribution < 1.29 is 19.1 Å². The number of esters is 2. The average Bonchev–Trinajstić information content (AvgIpc) is 2.97. The maximum Gasteiger partial charge on any atom is 0.348 e. The molecule has 0 bridgehead atoms. The first-order chi connectivity index (χ1) is 11.0. The lowest BCUT2D eigenvalue weighted by molar-refractivity contribution is -0.146. The summed E-state index contributed by atoms with van der Waals surface area (Å²) in [7, 11) is 0. The molecule has 1 unspecified atom stereocenters. The van der Waals surface area contributed by atoms with Crippen LogP contribution in [0.25, 0.3) is 6.08 Å². The third-order valence-corrected chi connectivity index (χ3v) is 3.77. The van der Waals surface area contributed by atoms with Crippen LogP contribution in [-0.2, 0) is 25.5 Å². The van der Waals surface area contributed by atoms with Gasteiger partial charge in [-0.2, -0.15) is 10.5 Å². The number of hydrogen-bond acceptors (Lipinski definition) is 7. The standard InChI is InChI=1S/C16H16N2O4S/c1-3-21-15(19)11(9-17)7-13-5-6-14(23-13)8-12(10-18)16(20)22-4-2/h5-7,12H,3-4,8H2,1-2H3/b11-7+. The van der Waals surface area contributed by atoms with Gasteiger partial charge >= 0.3 is 11.9 Å². The van der Waals surface area contributed by atoms with Gasteiger partial charge in [0.25, 0.3) is 0 Å². The van der Waals surface area contributed by atoms with Crippen LogP contribution in [0.3, 0.4) is 0 Å². The molecule has 0 amide bonds. The summed E-state index contributed by atoms with van der Waals surface area (Å²) in [5.41, 5.74) is -0.0949. The largest absolute Gasteiger partial charge is 0.465 e. The van der Waals surface area contributed by atoms with Crippen molar-refractivity contribution in [2.24, 2.45) is 5.92 Å². The lowest BCUT2D eigenvalue weighted by Gasteiger charge is -2.06. The predicted molar refractivity (Wildman–Crippen MR) is 84.0 cm³/mol. The summed E-state index contributed by atoms with van der Waals surface area (Å²) < 4.78 is 9.63. The van der Waals surface area contributed by atoms with Crippen molar-refractivity contribution in [1.29, 1.82) is 10.5 Å². The summed E-state index contributed by atoms with van der Waals surface area (Å²) in [5, 5.41) is 18.0. The minimum Gasteiger partial charge on any atom is -0.465 e. The zero-order valence-electron chi connectivity index (χ0n) is 12.9. The van der Waals surface area contributed by atoms with Crippen molar-refractivity contribution in [3.8, 4) is 12.1 Å². The minimum absolute atomic E-state index is 0.0949. The number of carbonyl (C=O) groups excluding carboxylic acids is 2. The topological polar surface area (TPSA) is 100 Å². The Labute approximate surface area is 138 Å². The van der Waals surface area contributed by atoms with E-state index < -0.39 is 17.9 Å². The fraction of sp³-hybridized carbons (Fsp3) is 0.375. The summed E-state index contributed by atoms with van der Waals surface area (Å²) in [5.74, 6) is -2.10. The lowest BCUT2D eigenvalue weighted by Crippen LogP contribution is -2.17. The molecule has 6 nitrogen and oxygen atoms in total. The summed E-state index contributed by atoms with van der Waals surface area (Å²) >= 11 is 1.30. The Kier molecular flexibility index (Phi) is 7.52. The molecule has 0 aliphatic rings. The van der Waals surface area contributed by atoms with E-state index >= 15 is 0 Å². The zero-order valence-corrected chi connectivity index (χ0v) is 13.7. The van der Waals surface area contributed by atoms with E-state index in [1.165, 1.54) is 17.4 Å². The van der Waals surface area contributed by atoms with Crippen LogP contribution in [0, 0.1) is 28.6 Å². The average molecular weight is 332 g/mol. The van der Waals surface area contributed by atoms with E-state index in [0.29, 0.717) is 4.88 Å². The van der Waals surface area contributed by atoms with Crippen molar-refractivity contribution in [1.82, 2.24) is 0 Å². The molecule has 1 aromatic heterocycles. The van der Waals surface area contributed by atoms with E-state index in [1.54, 1.807) is 32.0 Å². The van der Waals surface area contributed by atoms with Gasteiger partial charge in [0.2, 0.25) is 0 Å². The molecular weight excluding hydrogens is 316 g/mol. The molecule has 0 radical (unpaired) electrons. The van der Waals surface area contributed by atoms with Gasteiger partial charge in [0, 0.05) is 16.2 Å². The van der Waals surface area contributed by atoms with Crippen LogP contribution in [0.1, 0.15) is 23.6 Å². The maximum absolute atomic E-state index is 11.6. The molecule has 0 aliphatic heterocycles. The van der Waals surface area contributed by atoms with Crippen molar-refractivity contribution in [3.63, 3.8) is 0 Å². The van der Waals surface area contributed by atoms with Crippen molar-refractivity contribution >= 4 is 29.4 Å². The van der Waals surface area contributed by atoms with Gasteiger partial charge in [0.05, 0.1) is 19.3 Å². The molecule has 120 valence electrons. The molecule has 0 saturated carbocycles. The molecular formula is C16H16N2O4S. The Morgan fingerprint density at radius 1 is 1.26 bits per heavy atom. The van der Waals surface area contributed by atoms with Crippen LogP contribution in [0.15, 0.2) is 17.7 Å². The molecule has 23 heavy (non-hydrogen) atoms. The number of rotatable bonds is 7. The molecule has 0 aliphatic carbocycles. The second-order valence-corrected chi connectivity index (χ2v) is 5.53. The molecule has 0 saturated heterocycles. The molecule has 1 aromatic rings. The monoisotopic (exact) mass is 332 g/mol. The van der Waals surface area contributed by atoms with Gasteiger partial charge in [0.15, 0.2) is 0 Å². The number of ether oxygens (including phenoxy) is 2. The molecule has 0 spiro atoms. The van der Waals surface area contributed by atoms with Crippen molar-refractivity contribution in [2.75, 3.05) is 13.2 Å². The minimum atomic E-state index is -0.870. The fourth-order valence-corrected chi connectivity index (χ4v) is 2.70. The predicted octanol–water partition coefficient (Wildman–Crippen LogP) is 2.46. The Hall–Kier alpha value is -2.64. The van der Waals surface area contributed by atoms with E-state index in [-0.39, 0.29) is 25.2 Å². The van der Waals surface area contributed by atoms with E-state index in [2.05, 4.69) is 0 Å². The molecule has 0 N–H and O–H groups in total. The van der Waals surface area contributed by atoms with Crippen molar-refractivity contribution in [3.05, 3.63) is 27.5 Å². The highest BCUT2D eigenvalue weighted by molar-refractivity contribution is 7.12. The third kappa shape index (κ3) is 5.57. The normalized spacial score (nSPS) is 11.9. The lowest BCUT2D eigenvalue weighted by atomic mass is 10.1. The van der Waals surface area contributed by atoms with Gasteiger partial charge < -0.3 is 9.47 Å². The molecule has 0 fully saturated rings. The number of nitriles is 2. The van der Waals surface area contributed by atoms with Gasteiger partial charge in [-0.1, -0.05) is 0 Å². The van der Waals surface area contributed by atoms with Gasteiger partial charge in [0.1, 0.15) is 17.6 Å². The molecule has 1 atom stereocenters. The van der Waals surface area contributed by atoms with Crippen LogP contribution in [-0.4, -0.2) is 25.2 Å². The van der Waals surface area contributed by atoms with E-state index in [9.17, 15) is 9.59 Å². The first kappa shape index (κ1) is 18.4. The number of nitrogens with zero attached hydrogens (tertiary/aromatic N) is 2.